The van der Waals surface area contributed by atoms with Crippen molar-refractivity contribution in [2.45, 2.75) is 18.9 Å². The second-order valence-electron chi connectivity index (χ2n) is 4.28. The van der Waals surface area contributed by atoms with E-state index < -0.39 is 17.7 Å². The smallest absolute Gasteiger partial charge is 0.131 e. The first-order chi connectivity index (χ1) is 8.61. The highest BCUT2D eigenvalue weighted by molar-refractivity contribution is 5.28. The average Bonchev–Trinajstić information content (AvgIpc) is 2.38. The summed E-state index contributed by atoms with van der Waals surface area (Å²) in [5, 5.41) is 10.1. The lowest BCUT2D eigenvalue weighted by Crippen LogP contribution is -2.11. The minimum Gasteiger partial charge on any atom is -0.388 e. The van der Waals surface area contributed by atoms with E-state index in [1.54, 1.807) is 6.92 Å². The van der Waals surface area contributed by atoms with Crippen LogP contribution in [0.2, 0.25) is 0 Å². The van der Waals surface area contributed by atoms with E-state index >= 15 is 0 Å². The highest BCUT2D eigenvalue weighted by Crippen LogP contribution is 2.33. The summed E-state index contributed by atoms with van der Waals surface area (Å²) in [4.78, 5) is 0. The molecule has 2 aromatic carbocycles. The Hall–Kier alpha value is -1.74. The molecular formula is C15H14F2O. The molecule has 0 saturated carbocycles. The molecule has 2 unspecified atom stereocenters. The Bertz CT molecular complexity index is 505. The van der Waals surface area contributed by atoms with E-state index in [1.807, 2.05) is 30.3 Å². The van der Waals surface area contributed by atoms with E-state index in [0.29, 0.717) is 0 Å². The van der Waals surface area contributed by atoms with Gasteiger partial charge in [-0.3, -0.25) is 0 Å². The predicted molar refractivity (Wildman–Crippen MR) is 66.2 cm³/mol. The van der Waals surface area contributed by atoms with Gasteiger partial charge in [0.15, 0.2) is 0 Å². The molecule has 3 heteroatoms. The Balaban J connectivity index is 2.34. The van der Waals surface area contributed by atoms with Crippen LogP contribution >= 0.6 is 0 Å². The number of benzene rings is 2. The van der Waals surface area contributed by atoms with E-state index in [0.717, 1.165) is 17.7 Å². The van der Waals surface area contributed by atoms with Crippen molar-refractivity contribution in [2.24, 2.45) is 0 Å². The van der Waals surface area contributed by atoms with Gasteiger partial charge in [-0.05, 0) is 17.7 Å². The van der Waals surface area contributed by atoms with E-state index in [9.17, 15) is 13.9 Å². The summed E-state index contributed by atoms with van der Waals surface area (Å²) < 4.78 is 27.2. The Labute approximate surface area is 105 Å². The van der Waals surface area contributed by atoms with Gasteiger partial charge in [-0.2, -0.15) is 0 Å². The second kappa shape index (κ2) is 5.27. The van der Waals surface area contributed by atoms with Crippen molar-refractivity contribution in [3.63, 3.8) is 0 Å². The van der Waals surface area contributed by atoms with E-state index in [-0.39, 0.29) is 11.5 Å². The normalized spacial score (nSPS) is 14.2. The van der Waals surface area contributed by atoms with Crippen LogP contribution < -0.4 is 0 Å². The summed E-state index contributed by atoms with van der Waals surface area (Å²) in [6.45, 7) is 1.74. The van der Waals surface area contributed by atoms with Crippen molar-refractivity contribution < 1.29 is 13.9 Å². The predicted octanol–water partition coefficient (Wildman–Crippen LogP) is 3.80. The van der Waals surface area contributed by atoms with Gasteiger partial charge in [-0.25, -0.2) is 8.78 Å². The van der Waals surface area contributed by atoms with Crippen LogP contribution in [0.25, 0.3) is 0 Å². The van der Waals surface area contributed by atoms with Gasteiger partial charge >= 0.3 is 0 Å². The van der Waals surface area contributed by atoms with Gasteiger partial charge in [0.05, 0.1) is 11.7 Å². The summed E-state index contributed by atoms with van der Waals surface area (Å²) in [7, 11) is 0. The molecular weight excluding hydrogens is 234 g/mol. The van der Waals surface area contributed by atoms with E-state index in [2.05, 4.69) is 0 Å². The molecule has 18 heavy (non-hydrogen) atoms. The first-order valence-corrected chi connectivity index (χ1v) is 5.78. The van der Waals surface area contributed by atoms with Crippen LogP contribution in [0.4, 0.5) is 8.78 Å². The standard InChI is InChI=1S/C15H14F2O/c1-10(11-6-3-2-4-7-11)15(18)14-12(16)8-5-9-13(14)17/h2-10,15,18H,1H3. The van der Waals surface area contributed by atoms with Gasteiger partial charge in [0.25, 0.3) is 0 Å². The van der Waals surface area contributed by atoms with E-state index in [1.165, 1.54) is 6.07 Å². The summed E-state index contributed by atoms with van der Waals surface area (Å²) in [5.41, 5.74) is 0.571. The molecule has 2 atom stereocenters. The lowest BCUT2D eigenvalue weighted by Gasteiger charge is -2.20. The molecule has 1 N–H and O–H groups in total. The highest BCUT2D eigenvalue weighted by atomic mass is 19.1. The molecule has 1 nitrogen and oxygen atoms in total. The molecule has 0 spiro atoms. The molecule has 0 bridgehead atoms. The van der Waals surface area contributed by atoms with Gasteiger partial charge < -0.3 is 5.11 Å². The minimum atomic E-state index is -1.20. The summed E-state index contributed by atoms with van der Waals surface area (Å²) >= 11 is 0. The fraction of sp³-hybridized carbons (Fsp3) is 0.200. The maximum absolute atomic E-state index is 13.6. The Morgan fingerprint density at radius 3 is 2.00 bits per heavy atom. The van der Waals surface area contributed by atoms with Gasteiger partial charge in [0.1, 0.15) is 11.6 Å². The number of aliphatic hydroxyl groups excluding tert-OH is 1. The Morgan fingerprint density at radius 1 is 0.889 bits per heavy atom. The number of hydrogen-bond donors (Lipinski definition) is 1. The first-order valence-electron chi connectivity index (χ1n) is 5.78. The van der Waals surface area contributed by atoms with Crippen molar-refractivity contribution in [2.75, 3.05) is 0 Å². The van der Waals surface area contributed by atoms with Gasteiger partial charge in [-0.1, -0.05) is 43.3 Å². The zero-order valence-electron chi connectivity index (χ0n) is 9.98. The molecule has 0 aromatic heterocycles. The number of halogens is 2. The third-order valence-electron chi connectivity index (χ3n) is 3.09. The Morgan fingerprint density at radius 2 is 1.44 bits per heavy atom. The quantitative estimate of drug-likeness (QED) is 0.875. The summed E-state index contributed by atoms with van der Waals surface area (Å²) in [6.07, 6.45) is -1.20. The topological polar surface area (TPSA) is 20.2 Å². The van der Waals surface area contributed by atoms with Crippen LogP contribution in [0.5, 0.6) is 0 Å². The van der Waals surface area contributed by atoms with Gasteiger partial charge in [0, 0.05) is 5.92 Å². The molecule has 2 rings (SSSR count). The lowest BCUT2D eigenvalue weighted by atomic mass is 9.90. The van der Waals surface area contributed by atoms with Crippen molar-refractivity contribution in [1.82, 2.24) is 0 Å². The number of hydrogen-bond acceptors (Lipinski definition) is 1. The zero-order chi connectivity index (χ0) is 13.1. The van der Waals surface area contributed by atoms with Crippen molar-refractivity contribution >= 4 is 0 Å². The van der Waals surface area contributed by atoms with Crippen molar-refractivity contribution in [3.8, 4) is 0 Å². The van der Waals surface area contributed by atoms with Crippen LogP contribution in [0.15, 0.2) is 48.5 Å². The molecule has 94 valence electrons. The van der Waals surface area contributed by atoms with Crippen molar-refractivity contribution in [3.05, 3.63) is 71.3 Å². The highest BCUT2D eigenvalue weighted by Gasteiger charge is 2.24. The fourth-order valence-electron chi connectivity index (χ4n) is 1.98. The summed E-state index contributed by atoms with van der Waals surface area (Å²) in [5.74, 6) is -1.81. The molecule has 0 saturated heterocycles. The van der Waals surface area contributed by atoms with Crippen LogP contribution in [-0.2, 0) is 0 Å². The third kappa shape index (κ3) is 2.41. The zero-order valence-corrected chi connectivity index (χ0v) is 9.98. The molecule has 2 aromatic rings. The largest absolute Gasteiger partial charge is 0.388 e. The average molecular weight is 248 g/mol. The third-order valence-corrected chi connectivity index (χ3v) is 3.09. The molecule has 0 aliphatic carbocycles. The lowest BCUT2D eigenvalue weighted by molar-refractivity contribution is 0.142. The monoisotopic (exact) mass is 248 g/mol. The van der Waals surface area contributed by atoms with Crippen LogP contribution in [0.3, 0.4) is 0 Å². The SMILES string of the molecule is CC(c1ccccc1)C(O)c1c(F)cccc1F. The molecule has 0 fully saturated rings. The van der Waals surface area contributed by atoms with Gasteiger partial charge in [0.2, 0.25) is 0 Å². The maximum atomic E-state index is 13.6. The molecule has 0 amide bonds. The molecule has 0 radical (unpaired) electrons. The molecule has 0 aliphatic rings. The molecule has 0 aliphatic heterocycles. The maximum Gasteiger partial charge on any atom is 0.131 e. The number of aliphatic hydroxyl groups is 1. The van der Waals surface area contributed by atoms with Crippen molar-refractivity contribution in [1.29, 1.82) is 0 Å². The Kier molecular flexibility index (Phi) is 3.72. The molecule has 0 heterocycles. The van der Waals surface area contributed by atoms with Crippen LogP contribution in [-0.4, -0.2) is 5.11 Å². The fourth-order valence-corrected chi connectivity index (χ4v) is 1.98. The van der Waals surface area contributed by atoms with E-state index in [4.69, 9.17) is 0 Å². The summed E-state index contributed by atoms with van der Waals surface area (Å²) in [6, 6.07) is 12.8. The first kappa shape index (κ1) is 12.7. The van der Waals surface area contributed by atoms with Crippen LogP contribution in [0, 0.1) is 11.6 Å². The number of rotatable bonds is 3. The van der Waals surface area contributed by atoms with Crippen LogP contribution in [0.1, 0.15) is 30.1 Å². The van der Waals surface area contributed by atoms with Gasteiger partial charge in [-0.15, -0.1) is 0 Å². The second-order valence-corrected chi connectivity index (χ2v) is 4.28. The minimum absolute atomic E-state index is 0.270.